The maximum Gasteiger partial charge on any atom is 0.174 e. The minimum absolute atomic E-state index is 0.133. The Kier molecular flexibility index (Phi) is 4.24. The number of nitrogens with zero attached hydrogens (tertiary/aromatic N) is 1. The van der Waals surface area contributed by atoms with Crippen molar-refractivity contribution in [3.63, 3.8) is 0 Å². The SMILES string of the molecule is CCC(=O)c1sc(NC2CCN(C)CC2)cc1N. The number of hydrogen-bond acceptors (Lipinski definition) is 5. The Hall–Kier alpha value is -1.07. The molecule has 0 radical (unpaired) electrons. The van der Waals surface area contributed by atoms with Crippen LogP contribution < -0.4 is 11.1 Å². The number of ketones is 1. The quantitative estimate of drug-likeness (QED) is 0.823. The van der Waals surface area contributed by atoms with Gasteiger partial charge in [-0.05, 0) is 39.0 Å². The second kappa shape index (κ2) is 5.71. The molecule has 1 aliphatic rings. The normalized spacial score (nSPS) is 17.9. The van der Waals surface area contributed by atoms with Crippen molar-refractivity contribution in [2.45, 2.75) is 32.2 Å². The van der Waals surface area contributed by atoms with Crippen LogP contribution in [0.3, 0.4) is 0 Å². The van der Waals surface area contributed by atoms with Crippen molar-refractivity contribution in [1.82, 2.24) is 4.90 Å². The van der Waals surface area contributed by atoms with Gasteiger partial charge >= 0.3 is 0 Å². The zero-order chi connectivity index (χ0) is 13.1. The zero-order valence-electron chi connectivity index (χ0n) is 11.0. The number of nitrogens with two attached hydrogens (primary N) is 1. The summed E-state index contributed by atoms with van der Waals surface area (Å²) in [7, 11) is 2.15. The first kappa shape index (κ1) is 13.4. The van der Waals surface area contributed by atoms with Gasteiger partial charge in [-0.3, -0.25) is 4.79 Å². The van der Waals surface area contributed by atoms with Crippen LogP contribution >= 0.6 is 11.3 Å². The minimum atomic E-state index is 0.133. The van der Waals surface area contributed by atoms with E-state index in [0.29, 0.717) is 23.0 Å². The van der Waals surface area contributed by atoms with Gasteiger partial charge in [0.05, 0.1) is 15.6 Å². The summed E-state index contributed by atoms with van der Waals surface area (Å²) in [4.78, 5) is 14.7. The second-order valence-electron chi connectivity index (χ2n) is 4.89. The number of carbonyl (C=O) groups excluding carboxylic acids is 1. The van der Waals surface area contributed by atoms with Gasteiger partial charge in [0.2, 0.25) is 0 Å². The highest BCUT2D eigenvalue weighted by molar-refractivity contribution is 7.18. The number of piperidine rings is 1. The zero-order valence-corrected chi connectivity index (χ0v) is 11.8. The molecule has 4 nitrogen and oxygen atoms in total. The van der Waals surface area contributed by atoms with Crippen molar-refractivity contribution in [3.8, 4) is 0 Å². The van der Waals surface area contributed by atoms with Gasteiger partial charge in [0, 0.05) is 12.5 Å². The molecular formula is C13H21N3OS. The molecule has 1 aromatic heterocycles. The average Bonchev–Trinajstić information content (AvgIpc) is 2.72. The van der Waals surface area contributed by atoms with Crippen LogP contribution in [0.1, 0.15) is 35.9 Å². The molecule has 100 valence electrons. The monoisotopic (exact) mass is 267 g/mol. The summed E-state index contributed by atoms with van der Waals surface area (Å²) in [5.41, 5.74) is 6.50. The van der Waals surface area contributed by atoms with Crippen LogP contribution in [-0.4, -0.2) is 36.9 Å². The smallest absolute Gasteiger partial charge is 0.174 e. The van der Waals surface area contributed by atoms with Crippen LogP contribution in [0.4, 0.5) is 10.7 Å². The van der Waals surface area contributed by atoms with E-state index in [4.69, 9.17) is 5.73 Å². The molecule has 1 fully saturated rings. The van der Waals surface area contributed by atoms with Crippen molar-refractivity contribution < 1.29 is 4.79 Å². The molecule has 0 unspecified atom stereocenters. The average molecular weight is 267 g/mol. The van der Waals surface area contributed by atoms with Crippen molar-refractivity contribution >= 4 is 27.8 Å². The number of hydrogen-bond donors (Lipinski definition) is 2. The third-order valence-electron chi connectivity index (χ3n) is 3.40. The molecule has 2 rings (SSSR count). The van der Waals surface area contributed by atoms with Crippen LogP contribution in [0, 0.1) is 0 Å². The molecule has 2 heterocycles. The first-order valence-corrected chi connectivity index (χ1v) is 7.29. The van der Waals surface area contributed by atoms with Gasteiger partial charge in [-0.1, -0.05) is 6.92 Å². The Balaban J connectivity index is 2.00. The highest BCUT2D eigenvalue weighted by atomic mass is 32.1. The van der Waals surface area contributed by atoms with E-state index in [1.54, 1.807) is 0 Å². The molecule has 1 aromatic rings. The van der Waals surface area contributed by atoms with Gasteiger partial charge < -0.3 is 16.0 Å². The summed E-state index contributed by atoms with van der Waals surface area (Å²) in [6.07, 6.45) is 2.80. The van der Waals surface area contributed by atoms with Crippen LogP contribution in [0.15, 0.2) is 6.07 Å². The molecular weight excluding hydrogens is 246 g/mol. The fourth-order valence-corrected chi connectivity index (χ4v) is 3.28. The maximum atomic E-state index is 11.7. The predicted octanol–water partition coefficient (Wildman–Crippen LogP) is 2.43. The van der Waals surface area contributed by atoms with Crippen molar-refractivity contribution in [1.29, 1.82) is 0 Å². The van der Waals surface area contributed by atoms with E-state index in [1.165, 1.54) is 11.3 Å². The minimum Gasteiger partial charge on any atom is -0.397 e. The van der Waals surface area contributed by atoms with Gasteiger partial charge in [-0.2, -0.15) is 0 Å². The van der Waals surface area contributed by atoms with E-state index in [2.05, 4.69) is 17.3 Å². The lowest BCUT2D eigenvalue weighted by Crippen LogP contribution is -2.36. The van der Waals surface area contributed by atoms with Gasteiger partial charge in [0.1, 0.15) is 0 Å². The molecule has 0 amide bonds. The standard InChI is InChI=1S/C13H21N3OS/c1-3-11(17)13-10(14)8-12(18-13)15-9-4-6-16(2)7-5-9/h8-9,15H,3-7,14H2,1-2H3. The lowest BCUT2D eigenvalue weighted by molar-refractivity contribution is 0.0993. The van der Waals surface area contributed by atoms with E-state index < -0.39 is 0 Å². The van der Waals surface area contributed by atoms with Gasteiger partial charge in [-0.25, -0.2) is 0 Å². The number of Topliss-reactive ketones (excluding diaryl/α,β-unsaturated/α-hetero) is 1. The number of nitrogens with one attached hydrogen (secondary N) is 1. The van der Waals surface area contributed by atoms with Gasteiger partial charge in [0.25, 0.3) is 0 Å². The first-order chi connectivity index (χ1) is 8.60. The molecule has 0 bridgehead atoms. The highest BCUT2D eigenvalue weighted by Gasteiger charge is 2.18. The Morgan fingerprint density at radius 2 is 2.22 bits per heavy atom. The molecule has 18 heavy (non-hydrogen) atoms. The predicted molar refractivity (Wildman–Crippen MR) is 77.5 cm³/mol. The van der Waals surface area contributed by atoms with E-state index in [9.17, 15) is 4.79 Å². The number of thiophene rings is 1. The molecule has 0 saturated carbocycles. The molecule has 0 atom stereocenters. The van der Waals surface area contributed by atoms with E-state index >= 15 is 0 Å². The van der Waals surface area contributed by atoms with Crippen LogP contribution in [0.5, 0.6) is 0 Å². The summed E-state index contributed by atoms with van der Waals surface area (Å²) in [5, 5.41) is 4.53. The fraction of sp³-hybridized carbons (Fsp3) is 0.615. The molecule has 3 N–H and O–H groups in total. The van der Waals surface area contributed by atoms with Crippen molar-refractivity contribution in [2.24, 2.45) is 0 Å². The summed E-state index contributed by atoms with van der Waals surface area (Å²) in [6, 6.07) is 2.40. The van der Waals surface area contributed by atoms with Crippen LogP contribution in [-0.2, 0) is 0 Å². The summed E-state index contributed by atoms with van der Waals surface area (Å²) in [6.45, 7) is 4.12. The van der Waals surface area contributed by atoms with Crippen LogP contribution in [0.25, 0.3) is 0 Å². The fourth-order valence-electron chi connectivity index (χ4n) is 2.21. The van der Waals surface area contributed by atoms with Gasteiger partial charge in [0.15, 0.2) is 5.78 Å². The lowest BCUT2D eigenvalue weighted by atomic mass is 10.1. The Labute approximate surface area is 112 Å². The summed E-state index contributed by atoms with van der Waals surface area (Å²) >= 11 is 1.49. The topological polar surface area (TPSA) is 58.4 Å². The van der Waals surface area contributed by atoms with Crippen LogP contribution in [0.2, 0.25) is 0 Å². The summed E-state index contributed by atoms with van der Waals surface area (Å²) in [5.74, 6) is 0.133. The number of carbonyl (C=O) groups is 1. The number of likely N-dealkylation sites (tertiary alicyclic amines) is 1. The van der Waals surface area contributed by atoms with Crippen molar-refractivity contribution in [2.75, 3.05) is 31.2 Å². The number of rotatable bonds is 4. The molecule has 5 heteroatoms. The largest absolute Gasteiger partial charge is 0.397 e. The van der Waals surface area contributed by atoms with E-state index in [-0.39, 0.29) is 5.78 Å². The van der Waals surface area contributed by atoms with E-state index in [1.807, 2.05) is 13.0 Å². The molecule has 1 saturated heterocycles. The third-order valence-corrected chi connectivity index (χ3v) is 4.52. The van der Waals surface area contributed by atoms with E-state index in [0.717, 1.165) is 30.9 Å². The first-order valence-electron chi connectivity index (χ1n) is 6.47. The second-order valence-corrected chi connectivity index (χ2v) is 5.95. The number of nitrogen functional groups attached to an aromatic ring is 1. The number of anilines is 2. The summed E-state index contributed by atoms with van der Waals surface area (Å²) < 4.78 is 0. The molecule has 0 spiro atoms. The maximum absolute atomic E-state index is 11.7. The molecule has 1 aliphatic heterocycles. The Bertz CT molecular complexity index is 422. The Morgan fingerprint density at radius 3 is 2.83 bits per heavy atom. The molecule has 0 aromatic carbocycles. The van der Waals surface area contributed by atoms with Crippen molar-refractivity contribution in [3.05, 3.63) is 10.9 Å². The third kappa shape index (κ3) is 3.03. The van der Waals surface area contributed by atoms with Gasteiger partial charge in [-0.15, -0.1) is 11.3 Å². The highest BCUT2D eigenvalue weighted by Crippen LogP contribution is 2.31. The lowest BCUT2D eigenvalue weighted by Gasteiger charge is -2.29. The Morgan fingerprint density at radius 1 is 1.56 bits per heavy atom. The molecule has 0 aliphatic carbocycles.